The molecule has 0 aliphatic rings. The summed E-state index contributed by atoms with van der Waals surface area (Å²) >= 11 is 5.53. The summed E-state index contributed by atoms with van der Waals surface area (Å²) in [6.45, 7) is 2.22. The van der Waals surface area contributed by atoms with E-state index in [9.17, 15) is 4.39 Å². The van der Waals surface area contributed by atoms with Gasteiger partial charge in [0.05, 0.1) is 6.61 Å². The zero-order valence-corrected chi connectivity index (χ0v) is 11.3. The molecule has 1 aromatic carbocycles. The molecule has 0 saturated carbocycles. The highest BCUT2D eigenvalue weighted by Crippen LogP contribution is 2.19. The van der Waals surface area contributed by atoms with E-state index in [4.69, 9.17) is 21.1 Å². The highest BCUT2D eigenvalue weighted by Gasteiger charge is 2.08. The summed E-state index contributed by atoms with van der Waals surface area (Å²) < 4.78 is 23.9. The number of benzene rings is 1. The first kappa shape index (κ1) is 14.8. The van der Waals surface area contributed by atoms with Crippen molar-refractivity contribution in [2.45, 2.75) is 19.4 Å². The fourth-order valence-electron chi connectivity index (χ4n) is 1.37. The maximum Gasteiger partial charge on any atom is 0.165 e. The van der Waals surface area contributed by atoms with Crippen LogP contribution in [-0.4, -0.2) is 25.7 Å². The van der Waals surface area contributed by atoms with Crippen LogP contribution in [0.5, 0.6) is 5.75 Å². The van der Waals surface area contributed by atoms with E-state index in [1.165, 1.54) is 6.07 Å². The molecule has 0 heterocycles. The van der Waals surface area contributed by atoms with Crippen LogP contribution >= 0.6 is 11.6 Å². The lowest BCUT2D eigenvalue weighted by Gasteiger charge is -2.14. The highest BCUT2D eigenvalue weighted by atomic mass is 35.5. The van der Waals surface area contributed by atoms with Crippen molar-refractivity contribution in [3.05, 3.63) is 29.6 Å². The van der Waals surface area contributed by atoms with E-state index in [-0.39, 0.29) is 11.9 Å². The molecule has 0 amide bonds. The second kappa shape index (κ2) is 7.97. The molecule has 1 rings (SSSR count). The molecule has 0 bridgehead atoms. The van der Waals surface area contributed by atoms with Crippen LogP contribution in [0.25, 0.3) is 0 Å². The van der Waals surface area contributed by atoms with E-state index in [0.29, 0.717) is 24.5 Å². The van der Waals surface area contributed by atoms with Gasteiger partial charge in [0, 0.05) is 25.0 Å². The van der Waals surface area contributed by atoms with E-state index in [1.807, 2.05) is 6.92 Å². The summed E-state index contributed by atoms with van der Waals surface area (Å²) in [5.41, 5.74) is 0.709. The van der Waals surface area contributed by atoms with Crippen molar-refractivity contribution in [1.82, 2.24) is 0 Å². The van der Waals surface area contributed by atoms with Gasteiger partial charge in [-0.2, -0.15) is 0 Å². The fraction of sp³-hybridized carbons (Fsp3) is 0.429. The Bertz CT molecular complexity index is 437. The van der Waals surface area contributed by atoms with Crippen LogP contribution in [0.2, 0.25) is 0 Å². The third-order valence-corrected chi connectivity index (χ3v) is 2.30. The Morgan fingerprint density at radius 1 is 1.44 bits per heavy atom. The number of rotatable bonds is 5. The van der Waals surface area contributed by atoms with E-state index in [0.717, 1.165) is 0 Å². The van der Waals surface area contributed by atoms with Crippen LogP contribution in [0.3, 0.4) is 0 Å². The van der Waals surface area contributed by atoms with Crippen LogP contribution in [0.15, 0.2) is 18.2 Å². The van der Waals surface area contributed by atoms with Crippen LogP contribution in [0.4, 0.5) is 4.39 Å². The molecule has 1 aromatic rings. The molecule has 0 aliphatic heterocycles. The SMILES string of the molecule is COCC(C)Oc1cc(C#CCCCl)ccc1F. The number of halogens is 2. The van der Waals surface area contributed by atoms with Crippen molar-refractivity contribution in [1.29, 1.82) is 0 Å². The molecule has 1 unspecified atom stereocenters. The van der Waals surface area contributed by atoms with E-state index in [1.54, 1.807) is 19.2 Å². The maximum atomic E-state index is 13.5. The Morgan fingerprint density at radius 3 is 2.89 bits per heavy atom. The first-order valence-corrected chi connectivity index (χ1v) is 6.20. The minimum atomic E-state index is -0.402. The summed E-state index contributed by atoms with van der Waals surface area (Å²) in [5, 5.41) is 0. The van der Waals surface area contributed by atoms with Gasteiger partial charge in [0.25, 0.3) is 0 Å². The van der Waals surface area contributed by atoms with E-state index in [2.05, 4.69) is 11.8 Å². The van der Waals surface area contributed by atoms with Crippen LogP contribution in [-0.2, 0) is 4.74 Å². The maximum absolute atomic E-state index is 13.5. The average molecular weight is 271 g/mol. The highest BCUT2D eigenvalue weighted by molar-refractivity contribution is 6.18. The van der Waals surface area contributed by atoms with Gasteiger partial charge in [-0.25, -0.2) is 4.39 Å². The van der Waals surface area contributed by atoms with Gasteiger partial charge in [0.15, 0.2) is 11.6 Å². The molecule has 0 spiro atoms. The van der Waals surface area contributed by atoms with Crippen LogP contribution < -0.4 is 4.74 Å². The molecular weight excluding hydrogens is 255 g/mol. The lowest BCUT2D eigenvalue weighted by atomic mass is 10.2. The quantitative estimate of drug-likeness (QED) is 0.604. The number of hydrogen-bond acceptors (Lipinski definition) is 2. The van der Waals surface area contributed by atoms with Crippen LogP contribution in [0.1, 0.15) is 18.9 Å². The minimum Gasteiger partial charge on any atom is -0.485 e. The molecule has 1 atom stereocenters. The van der Waals surface area contributed by atoms with Crippen LogP contribution in [0, 0.1) is 17.7 Å². The number of hydrogen-bond donors (Lipinski definition) is 0. The van der Waals surface area contributed by atoms with Gasteiger partial charge in [0.1, 0.15) is 6.10 Å². The molecule has 0 N–H and O–H groups in total. The summed E-state index contributed by atoms with van der Waals surface area (Å²) in [6.07, 6.45) is 0.394. The lowest BCUT2D eigenvalue weighted by Crippen LogP contribution is -2.18. The molecule has 0 saturated heterocycles. The standard InChI is InChI=1S/C14H16ClFO2/c1-11(10-17-2)18-14-9-12(5-3-4-8-15)6-7-13(14)16/h6-7,9,11H,4,8,10H2,1-2H3. The second-order valence-electron chi connectivity index (χ2n) is 3.77. The van der Waals surface area contributed by atoms with Gasteiger partial charge in [-0.3, -0.25) is 0 Å². The van der Waals surface area contributed by atoms with Gasteiger partial charge in [-0.1, -0.05) is 11.8 Å². The average Bonchev–Trinajstić information content (AvgIpc) is 2.34. The first-order valence-electron chi connectivity index (χ1n) is 5.67. The third kappa shape index (κ3) is 4.95. The summed E-state index contributed by atoms with van der Waals surface area (Å²) in [7, 11) is 1.57. The third-order valence-electron chi connectivity index (χ3n) is 2.11. The largest absolute Gasteiger partial charge is 0.485 e. The minimum absolute atomic E-state index is 0.192. The molecule has 0 aliphatic carbocycles. The smallest absolute Gasteiger partial charge is 0.165 e. The van der Waals surface area contributed by atoms with Crippen molar-refractivity contribution in [2.75, 3.05) is 19.6 Å². The molecule has 0 fully saturated rings. The summed E-state index contributed by atoms with van der Waals surface area (Å²) in [5.74, 6) is 6.08. The molecule has 98 valence electrons. The van der Waals surface area contributed by atoms with Crippen molar-refractivity contribution < 1.29 is 13.9 Å². The normalized spacial score (nSPS) is 11.6. The Hall–Kier alpha value is -1.24. The van der Waals surface area contributed by atoms with Crippen molar-refractivity contribution >= 4 is 11.6 Å². The van der Waals surface area contributed by atoms with Crippen molar-refractivity contribution in [3.8, 4) is 17.6 Å². The predicted molar refractivity (Wildman–Crippen MR) is 70.6 cm³/mol. The van der Waals surface area contributed by atoms with Gasteiger partial charge in [0.2, 0.25) is 0 Å². The van der Waals surface area contributed by atoms with Gasteiger partial charge in [-0.15, -0.1) is 11.6 Å². The summed E-state index contributed by atoms with van der Waals surface area (Å²) in [4.78, 5) is 0. The zero-order chi connectivity index (χ0) is 13.4. The Labute approximate surface area is 112 Å². The molecular formula is C14H16ClFO2. The second-order valence-corrected chi connectivity index (χ2v) is 4.15. The van der Waals surface area contributed by atoms with Gasteiger partial charge < -0.3 is 9.47 Å². The first-order chi connectivity index (χ1) is 8.67. The van der Waals surface area contributed by atoms with Crippen molar-refractivity contribution in [3.63, 3.8) is 0 Å². The molecule has 2 nitrogen and oxygen atoms in total. The van der Waals surface area contributed by atoms with E-state index >= 15 is 0 Å². The predicted octanol–water partition coefficient (Wildman–Crippen LogP) is 3.22. The van der Waals surface area contributed by atoms with Crippen molar-refractivity contribution in [2.24, 2.45) is 0 Å². The molecule has 18 heavy (non-hydrogen) atoms. The fourth-order valence-corrected chi connectivity index (χ4v) is 1.46. The monoisotopic (exact) mass is 270 g/mol. The van der Waals surface area contributed by atoms with Gasteiger partial charge in [-0.05, 0) is 25.1 Å². The molecule has 0 radical (unpaired) electrons. The number of alkyl halides is 1. The molecule has 4 heteroatoms. The number of methoxy groups -OCH3 is 1. The number of ether oxygens (including phenoxy) is 2. The van der Waals surface area contributed by atoms with Gasteiger partial charge >= 0.3 is 0 Å². The zero-order valence-electron chi connectivity index (χ0n) is 10.5. The lowest BCUT2D eigenvalue weighted by molar-refractivity contribution is 0.0893. The Morgan fingerprint density at radius 2 is 2.22 bits per heavy atom. The van der Waals surface area contributed by atoms with E-state index < -0.39 is 5.82 Å². The summed E-state index contributed by atoms with van der Waals surface area (Å²) in [6, 6.07) is 4.55. The Kier molecular flexibility index (Phi) is 6.56. The Balaban J connectivity index is 2.78. The topological polar surface area (TPSA) is 18.5 Å². The molecule has 0 aromatic heterocycles.